The third-order valence-electron chi connectivity index (χ3n) is 3.08. The molecular formula is C18H15NO. The molecule has 0 atom stereocenters. The third kappa shape index (κ3) is 2.86. The maximum Gasteiger partial charge on any atom is 0.214 e. The van der Waals surface area contributed by atoms with Crippen molar-refractivity contribution in [1.82, 2.24) is 4.98 Å². The summed E-state index contributed by atoms with van der Waals surface area (Å²) in [6, 6.07) is 26.1. The van der Waals surface area contributed by atoms with E-state index in [1.165, 1.54) is 0 Å². The molecule has 0 fully saturated rings. The van der Waals surface area contributed by atoms with E-state index in [4.69, 9.17) is 4.74 Å². The number of nitrogens with zero attached hydrogens (tertiary/aromatic N) is 1. The van der Waals surface area contributed by atoms with Gasteiger partial charge in [-0.05, 0) is 17.2 Å². The van der Waals surface area contributed by atoms with E-state index in [1.807, 2.05) is 54.6 Å². The van der Waals surface area contributed by atoms with Crippen molar-refractivity contribution >= 4 is 0 Å². The van der Waals surface area contributed by atoms with Crippen molar-refractivity contribution in [2.75, 3.05) is 0 Å². The molecule has 3 rings (SSSR count). The summed E-state index contributed by atoms with van der Waals surface area (Å²) in [5.74, 6) is 0.630. The van der Waals surface area contributed by atoms with Crippen LogP contribution >= 0.6 is 0 Å². The van der Waals surface area contributed by atoms with Crippen LogP contribution in [-0.2, 0) is 0 Å². The minimum Gasteiger partial charge on any atom is -0.465 e. The summed E-state index contributed by atoms with van der Waals surface area (Å²) in [7, 11) is 0. The molecule has 0 spiro atoms. The monoisotopic (exact) mass is 261 g/mol. The predicted molar refractivity (Wildman–Crippen MR) is 79.6 cm³/mol. The Morgan fingerprint density at radius 1 is 0.650 bits per heavy atom. The van der Waals surface area contributed by atoms with Crippen LogP contribution in [0.4, 0.5) is 0 Å². The van der Waals surface area contributed by atoms with Crippen LogP contribution in [0.25, 0.3) is 0 Å². The van der Waals surface area contributed by atoms with Gasteiger partial charge in [0.1, 0.15) is 0 Å². The van der Waals surface area contributed by atoms with Crippen LogP contribution in [0.5, 0.6) is 5.88 Å². The Labute approximate surface area is 118 Å². The Hall–Kier alpha value is -2.61. The van der Waals surface area contributed by atoms with Crippen LogP contribution in [0.2, 0.25) is 0 Å². The first-order valence-corrected chi connectivity index (χ1v) is 6.61. The number of pyridine rings is 1. The Kier molecular flexibility index (Phi) is 3.74. The van der Waals surface area contributed by atoms with Crippen molar-refractivity contribution in [1.29, 1.82) is 0 Å². The van der Waals surface area contributed by atoms with Gasteiger partial charge in [0.25, 0.3) is 0 Å². The van der Waals surface area contributed by atoms with E-state index in [2.05, 4.69) is 29.2 Å². The highest BCUT2D eigenvalue weighted by Crippen LogP contribution is 2.26. The van der Waals surface area contributed by atoms with Crippen molar-refractivity contribution in [3.05, 3.63) is 96.2 Å². The minimum absolute atomic E-state index is 0.146. The lowest BCUT2D eigenvalue weighted by molar-refractivity contribution is 0.237. The molecule has 1 heterocycles. The highest BCUT2D eigenvalue weighted by molar-refractivity contribution is 5.31. The standard InChI is InChI=1S/C18H15NO/c1-3-9-15(10-4-1)18(16-11-5-2-6-12-16)20-17-13-7-8-14-19-17/h1-14,18H. The smallest absolute Gasteiger partial charge is 0.214 e. The first-order chi connectivity index (χ1) is 9.93. The van der Waals surface area contributed by atoms with Crippen molar-refractivity contribution < 1.29 is 4.74 Å². The van der Waals surface area contributed by atoms with Crippen LogP contribution < -0.4 is 4.74 Å². The van der Waals surface area contributed by atoms with Gasteiger partial charge < -0.3 is 4.74 Å². The summed E-state index contributed by atoms with van der Waals surface area (Å²) >= 11 is 0. The van der Waals surface area contributed by atoms with Gasteiger partial charge in [-0.15, -0.1) is 0 Å². The predicted octanol–water partition coefficient (Wildman–Crippen LogP) is 4.25. The Balaban J connectivity index is 1.96. The fraction of sp³-hybridized carbons (Fsp3) is 0.0556. The number of aromatic nitrogens is 1. The number of rotatable bonds is 4. The second-order valence-electron chi connectivity index (χ2n) is 4.49. The molecule has 0 N–H and O–H groups in total. The van der Waals surface area contributed by atoms with E-state index in [0.29, 0.717) is 5.88 Å². The Bertz CT molecular complexity index is 599. The van der Waals surface area contributed by atoms with Crippen LogP contribution in [0.1, 0.15) is 17.2 Å². The molecule has 0 aliphatic carbocycles. The van der Waals surface area contributed by atoms with Gasteiger partial charge in [-0.2, -0.15) is 0 Å². The van der Waals surface area contributed by atoms with Gasteiger partial charge in [0, 0.05) is 12.3 Å². The van der Waals surface area contributed by atoms with Gasteiger partial charge in [0.15, 0.2) is 6.10 Å². The summed E-state index contributed by atoms with van der Waals surface area (Å²) in [5, 5.41) is 0. The highest BCUT2D eigenvalue weighted by Gasteiger charge is 2.15. The maximum atomic E-state index is 6.08. The summed E-state index contributed by atoms with van der Waals surface area (Å²) in [5.41, 5.74) is 2.23. The van der Waals surface area contributed by atoms with Gasteiger partial charge in [0.2, 0.25) is 5.88 Å². The summed E-state index contributed by atoms with van der Waals surface area (Å²) in [4.78, 5) is 4.25. The lowest BCUT2D eigenvalue weighted by Crippen LogP contribution is -2.09. The number of ether oxygens (including phenoxy) is 1. The zero-order chi connectivity index (χ0) is 13.6. The van der Waals surface area contributed by atoms with Crippen LogP contribution in [0.15, 0.2) is 85.1 Å². The Morgan fingerprint density at radius 3 is 1.70 bits per heavy atom. The second-order valence-corrected chi connectivity index (χ2v) is 4.49. The van der Waals surface area contributed by atoms with E-state index in [0.717, 1.165) is 11.1 Å². The van der Waals surface area contributed by atoms with Crippen molar-refractivity contribution in [2.45, 2.75) is 6.10 Å². The average molecular weight is 261 g/mol. The maximum absolute atomic E-state index is 6.08. The molecule has 0 amide bonds. The van der Waals surface area contributed by atoms with Gasteiger partial charge in [-0.3, -0.25) is 0 Å². The molecule has 0 radical (unpaired) electrons. The van der Waals surface area contributed by atoms with Gasteiger partial charge in [-0.1, -0.05) is 66.7 Å². The van der Waals surface area contributed by atoms with Gasteiger partial charge in [-0.25, -0.2) is 4.98 Å². The molecule has 2 aromatic carbocycles. The average Bonchev–Trinajstić information content (AvgIpc) is 2.55. The first-order valence-electron chi connectivity index (χ1n) is 6.61. The quantitative estimate of drug-likeness (QED) is 0.700. The number of hydrogen-bond acceptors (Lipinski definition) is 2. The van der Waals surface area contributed by atoms with Gasteiger partial charge in [0.05, 0.1) is 0 Å². The number of benzene rings is 2. The molecule has 1 aromatic heterocycles. The molecule has 0 saturated heterocycles. The molecule has 3 aromatic rings. The second kappa shape index (κ2) is 6.02. The normalized spacial score (nSPS) is 10.4. The van der Waals surface area contributed by atoms with E-state index in [9.17, 15) is 0 Å². The Morgan fingerprint density at radius 2 is 1.20 bits per heavy atom. The van der Waals surface area contributed by atoms with Crippen LogP contribution in [0, 0.1) is 0 Å². The largest absolute Gasteiger partial charge is 0.465 e. The number of hydrogen-bond donors (Lipinski definition) is 0. The van der Waals surface area contributed by atoms with E-state index in [-0.39, 0.29) is 6.10 Å². The van der Waals surface area contributed by atoms with E-state index in [1.54, 1.807) is 6.20 Å². The highest BCUT2D eigenvalue weighted by atomic mass is 16.5. The topological polar surface area (TPSA) is 22.1 Å². The summed E-state index contributed by atoms with van der Waals surface area (Å²) < 4.78 is 6.08. The molecule has 0 aliphatic heterocycles. The third-order valence-corrected chi connectivity index (χ3v) is 3.08. The van der Waals surface area contributed by atoms with Crippen molar-refractivity contribution in [3.63, 3.8) is 0 Å². The zero-order valence-electron chi connectivity index (χ0n) is 11.0. The fourth-order valence-electron chi connectivity index (χ4n) is 2.12. The summed E-state index contributed by atoms with van der Waals surface area (Å²) in [6.07, 6.45) is 1.59. The van der Waals surface area contributed by atoms with Crippen molar-refractivity contribution in [2.24, 2.45) is 0 Å². The molecule has 0 aliphatic rings. The van der Waals surface area contributed by atoms with E-state index >= 15 is 0 Å². The van der Waals surface area contributed by atoms with Crippen molar-refractivity contribution in [3.8, 4) is 5.88 Å². The molecule has 98 valence electrons. The lowest BCUT2D eigenvalue weighted by atomic mass is 10.0. The van der Waals surface area contributed by atoms with Crippen LogP contribution in [-0.4, -0.2) is 4.98 Å². The molecular weight excluding hydrogens is 246 g/mol. The summed E-state index contributed by atoms with van der Waals surface area (Å²) in [6.45, 7) is 0. The SMILES string of the molecule is c1ccc(C(Oc2ccccn2)c2ccccc2)cc1. The fourth-order valence-corrected chi connectivity index (χ4v) is 2.12. The first kappa shape index (κ1) is 12.4. The molecule has 0 saturated carbocycles. The molecule has 0 bridgehead atoms. The van der Waals surface area contributed by atoms with E-state index < -0.39 is 0 Å². The van der Waals surface area contributed by atoms with Gasteiger partial charge >= 0.3 is 0 Å². The molecule has 2 heteroatoms. The molecule has 20 heavy (non-hydrogen) atoms. The zero-order valence-corrected chi connectivity index (χ0v) is 11.0. The molecule has 2 nitrogen and oxygen atoms in total. The van der Waals surface area contributed by atoms with Crippen LogP contribution in [0.3, 0.4) is 0 Å². The molecule has 0 unspecified atom stereocenters. The minimum atomic E-state index is -0.146. The lowest BCUT2D eigenvalue weighted by Gasteiger charge is -2.19.